The summed E-state index contributed by atoms with van der Waals surface area (Å²) in [5.41, 5.74) is 0.849. The van der Waals surface area contributed by atoms with E-state index in [1.54, 1.807) is 24.3 Å². The summed E-state index contributed by atoms with van der Waals surface area (Å²) in [7, 11) is 0. The van der Waals surface area contributed by atoms with Crippen LogP contribution in [0.15, 0.2) is 35.1 Å². The van der Waals surface area contributed by atoms with Gasteiger partial charge >= 0.3 is 6.03 Å². The highest BCUT2D eigenvalue weighted by atomic mass is 16.5. The maximum atomic E-state index is 12.1. The SMILES string of the molecule is CC1(NC(=O)Nc2cccc3[nH]c(=O)ccc23)CCOC1. The van der Waals surface area contributed by atoms with E-state index in [2.05, 4.69) is 15.6 Å². The Morgan fingerprint density at radius 2 is 2.19 bits per heavy atom. The zero-order chi connectivity index (χ0) is 14.9. The third kappa shape index (κ3) is 2.90. The second-order valence-corrected chi connectivity index (χ2v) is 5.53. The van der Waals surface area contributed by atoms with Gasteiger partial charge in [0.15, 0.2) is 0 Å². The zero-order valence-electron chi connectivity index (χ0n) is 11.7. The molecule has 0 radical (unpaired) electrons. The number of rotatable bonds is 2. The summed E-state index contributed by atoms with van der Waals surface area (Å²) in [5.74, 6) is 0. The van der Waals surface area contributed by atoms with Crippen LogP contribution in [0, 0.1) is 0 Å². The third-order valence-electron chi connectivity index (χ3n) is 3.65. The van der Waals surface area contributed by atoms with E-state index in [-0.39, 0.29) is 17.1 Å². The van der Waals surface area contributed by atoms with Crippen LogP contribution in [0.3, 0.4) is 0 Å². The van der Waals surface area contributed by atoms with E-state index >= 15 is 0 Å². The van der Waals surface area contributed by atoms with Crippen molar-refractivity contribution in [2.24, 2.45) is 0 Å². The first-order chi connectivity index (χ1) is 10.1. The van der Waals surface area contributed by atoms with Crippen molar-refractivity contribution in [2.75, 3.05) is 18.5 Å². The topological polar surface area (TPSA) is 83.2 Å². The summed E-state index contributed by atoms with van der Waals surface area (Å²) in [6, 6.07) is 8.25. The fourth-order valence-electron chi connectivity index (χ4n) is 2.49. The van der Waals surface area contributed by atoms with E-state index in [9.17, 15) is 9.59 Å². The highest BCUT2D eigenvalue weighted by Crippen LogP contribution is 2.21. The number of anilines is 1. The van der Waals surface area contributed by atoms with Gasteiger partial charge < -0.3 is 20.4 Å². The molecule has 1 aromatic carbocycles. The number of urea groups is 1. The number of hydrogen-bond donors (Lipinski definition) is 3. The summed E-state index contributed by atoms with van der Waals surface area (Å²) >= 11 is 0. The van der Waals surface area contributed by atoms with Gasteiger partial charge in [-0.1, -0.05) is 6.07 Å². The number of carbonyl (C=O) groups excluding carboxylic acids is 1. The molecule has 0 bridgehead atoms. The molecular weight excluding hydrogens is 270 g/mol. The minimum atomic E-state index is -0.330. The number of amides is 2. The molecule has 0 aliphatic carbocycles. The molecule has 2 aromatic rings. The average Bonchev–Trinajstić information content (AvgIpc) is 2.84. The van der Waals surface area contributed by atoms with Crippen LogP contribution in [-0.4, -0.2) is 29.8 Å². The van der Waals surface area contributed by atoms with Crippen LogP contribution in [0.4, 0.5) is 10.5 Å². The predicted molar refractivity (Wildman–Crippen MR) is 80.6 cm³/mol. The molecule has 1 aliphatic rings. The van der Waals surface area contributed by atoms with Crippen molar-refractivity contribution in [3.63, 3.8) is 0 Å². The van der Waals surface area contributed by atoms with Crippen LogP contribution in [0.1, 0.15) is 13.3 Å². The van der Waals surface area contributed by atoms with Crippen LogP contribution in [-0.2, 0) is 4.74 Å². The molecule has 1 atom stereocenters. The minimum absolute atomic E-state index is 0.167. The Morgan fingerprint density at radius 1 is 1.33 bits per heavy atom. The van der Waals surface area contributed by atoms with Crippen LogP contribution in [0.25, 0.3) is 10.9 Å². The molecule has 2 heterocycles. The Balaban J connectivity index is 1.81. The van der Waals surface area contributed by atoms with E-state index in [0.29, 0.717) is 24.4 Å². The molecule has 0 spiro atoms. The lowest BCUT2D eigenvalue weighted by Gasteiger charge is -2.23. The molecule has 2 amide bonds. The normalized spacial score (nSPS) is 21.4. The number of fused-ring (bicyclic) bond motifs is 1. The van der Waals surface area contributed by atoms with Crippen molar-refractivity contribution in [3.8, 4) is 0 Å². The minimum Gasteiger partial charge on any atom is -0.379 e. The van der Waals surface area contributed by atoms with E-state index in [0.717, 1.165) is 11.8 Å². The van der Waals surface area contributed by atoms with Crippen molar-refractivity contribution in [3.05, 3.63) is 40.7 Å². The summed E-state index contributed by atoms with van der Waals surface area (Å²) < 4.78 is 5.31. The monoisotopic (exact) mass is 287 g/mol. The number of aromatic nitrogens is 1. The molecule has 1 saturated heterocycles. The molecule has 21 heavy (non-hydrogen) atoms. The van der Waals surface area contributed by atoms with Crippen LogP contribution >= 0.6 is 0 Å². The lowest BCUT2D eigenvalue weighted by Crippen LogP contribution is -2.48. The van der Waals surface area contributed by atoms with E-state index < -0.39 is 0 Å². The first-order valence-electron chi connectivity index (χ1n) is 6.85. The van der Waals surface area contributed by atoms with Crippen molar-refractivity contribution >= 4 is 22.6 Å². The Kier molecular flexibility index (Phi) is 3.39. The van der Waals surface area contributed by atoms with Gasteiger partial charge in [0.2, 0.25) is 5.56 Å². The standard InChI is InChI=1S/C15H17N3O3/c1-15(7-8-21-9-15)18-14(20)17-12-4-2-3-11-10(12)5-6-13(19)16-11/h2-6H,7-9H2,1H3,(H,16,19)(H2,17,18,20). The van der Waals surface area contributed by atoms with Crippen LogP contribution < -0.4 is 16.2 Å². The fraction of sp³-hybridized carbons (Fsp3) is 0.333. The molecule has 6 nitrogen and oxygen atoms in total. The number of hydrogen-bond acceptors (Lipinski definition) is 3. The van der Waals surface area contributed by atoms with Gasteiger partial charge in [0.1, 0.15) is 0 Å². The predicted octanol–water partition coefficient (Wildman–Crippen LogP) is 1.83. The Bertz CT molecular complexity index is 732. The molecule has 0 saturated carbocycles. The number of aromatic amines is 1. The van der Waals surface area contributed by atoms with Crippen molar-refractivity contribution in [1.82, 2.24) is 10.3 Å². The molecule has 1 unspecified atom stereocenters. The molecule has 3 rings (SSSR count). The highest BCUT2D eigenvalue weighted by Gasteiger charge is 2.31. The Morgan fingerprint density at radius 3 is 2.95 bits per heavy atom. The molecule has 6 heteroatoms. The summed E-state index contributed by atoms with van der Waals surface area (Å²) in [4.78, 5) is 26.2. The second kappa shape index (κ2) is 5.21. The average molecular weight is 287 g/mol. The Labute approximate surface area is 121 Å². The quantitative estimate of drug-likeness (QED) is 0.788. The molecular formula is C15H17N3O3. The van der Waals surface area contributed by atoms with Crippen molar-refractivity contribution in [1.29, 1.82) is 0 Å². The van der Waals surface area contributed by atoms with Crippen molar-refractivity contribution in [2.45, 2.75) is 18.9 Å². The largest absolute Gasteiger partial charge is 0.379 e. The van der Waals surface area contributed by atoms with Gasteiger partial charge in [0.05, 0.1) is 23.3 Å². The van der Waals surface area contributed by atoms with E-state index in [1.807, 2.05) is 6.92 Å². The van der Waals surface area contributed by atoms with Crippen LogP contribution in [0.5, 0.6) is 0 Å². The maximum Gasteiger partial charge on any atom is 0.319 e. The van der Waals surface area contributed by atoms with Gasteiger partial charge in [0.25, 0.3) is 0 Å². The first-order valence-corrected chi connectivity index (χ1v) is 6.85. The van der Waals surface area contributed by atoms with Gasteiger partial charge in [-0.2, -0.15) is 0 Å². The second-order valence-electron chi connectivity index (χ2n) is 5.53. The van der Waals surface area contributed by atoms with Gasteiger partial charge in [0, 0.05) is 18.1 Å². The first kappa shape index (κ1) is 13.6. The molecule has 1 aromatic heterocycles. The van der Waals surface area contributed by atoms with E-state index in [4.69, 9.17) is 4.74 Å². The van der Waals surface area contributed by atoms with Gasteiger partial charge in [-0.25, -0.2) is 4.79 Å². The van der Waals surface area contributed by atoms with Gasteiger partial charge in [-0.05, 0) is 31.5 Å². The van der Waals surface area contributed by atoms with Crippen LogP contribution in [0.2, 0.25) is 0 Å². The van der Waals surface area contributed by atoms with E-state index in [1.165, 1.54) is 6.07 Å². The Hall–Kier alpha value is -2.34. The van der Waals surface area contributed by atoms with Gasteiger partial charge in [-0.3, -0.25) is 4.79 Å². The maximum absolute atomic E-state index is 12.1. The summed E-state index contributed by atoms with van der Waals surface area (Å²) in [6.07, 6.45) is 0.795. The number of carbonyl (C=O) groups is 1. The number of ether oxygens (including phenoxy) is 1. The fourth-order valence-corrected chi connectivity index (χ4v) is 2.49. The zero-order valence-corrected chi connectivity index (χ0v) is 11.7. The number of pyridine rings is 1. The molecule has 110 valence electrons. The lowest BCUT2D eigenvalue weighted by molar-refractivity contribution is 0.172. The van der Waals surface area contributed by atoms with Crippen molar-refractivity contribution < 1.29 is 9.53 Å². The number of benzene rings is 1. The lowest BCUT2D eigenvalue weighted by atomic mass is 10.0. The highest BCUT2D eigenvalue weighted by molar-refractivity contribution is 6.00. The molecule has 3 N–H and O–H groups in total. The molecule has 1 fully saturated rings. The smallest absolute Gasteiger partial charge is 0.319 e. The summed E-state index contributed by atoms with van der Waals surface area (Å²) in [5, 5.41) is 6.55. The number of nitrogens with one attached hydrogen (secondary N) is 3. The third-order valence-corrected chi connectivity index (χ3v) is 3.65. The summed E-state index contributed by atoms with van der Waals surface area (Å²) in [6.45, 7) is 3.13. The number of H-pyrrole nitrogens is 1. The molecule has 1 aliphatic heterocycles. The van der Waals surface area contributed by atoms with Gasteiger partial charge in [-0.15, -0.1) is 0 Å².